The summed E-state index contributed by atoms with van der Waals surface area (Å²) in [5, 5.41) is 0. The number of hydrazine groups is 1. The summed E-state index contributed by atoms with van der Waals surface area (Å²) < 4.78 is 18.4. The Morgan fingerprint density at radius 2 is 1.84 bits per heavy atom. The third kappa shape index (κ3) is 3.99. The Morgan fingerprint density at radius 3 is 2.64 bits per heavy atom. The monoisotopic (exact) mass is 362 g/mol. The predicted molar refractivity (Wildman–Crippen MR) is 93.5 cm³/mol. The highest BCUT2D eigenvalue weighted by Crippen LogP contribution is 2.28. The van der Waals surface area contributed by atoms with Gasteiger partial charge in [0.2, 0.25) is 0 Å². The zero-order valence-corrected chi connectivity index (χ0v) is 14.7. The number of fused-ring (bicyclic) bond motifs is 1. The molecule has 2 N–H and O–H groups in total. The minimum absolute atomic E-state index is 0.0183. The lowest BCUT2D eigenvalue weighted by molar-refractivity contribution is 0.0847. The number of benzene rings is 1. The third-order valence-corrected chi connectivity index (χ3v) is 5.40. The number of ether oxygens (including phenoxy) is 1. The lowest BCUT2D eigenvalue weighted by Crippen LogP contribution is -2.41. The van der Waals surface area contributed by atoms with Crippen LogP contribution in [0.25, 0.3) is 0 Å². The van der Waals surface area contributed by atoms with Gasteiger partial charge in [-0.15, -0.1) is 11.3 Å². The Kier molecular flexibility index (Phi) is 5.33. The Balaban J connectivity index is 1.66. The highest BCUT2D eigenvalue weighted by molar-refractivity contribution is 7.14. The number of hydrogen-bond donors (Lipinski definition) is 2. The molecule has 1 aromatic heterocycles. The van der Waals surface area contributed by atoms with Crippen molar-refractivity contribution in [3.05, 3.63) is 51.0 Å². The summed E-state index contributed by atoms with van der Waals surface area (Å²) in [5.74, 6) is -1.33. The first kappa shape index (κ1) is 17.4. The Labute approximate surface area is 149 Å². The fraction of sp³-hybridized carbons (Fsp3) is 0.333. The first-order valence-electron chi connectivity index (χ1n) is 8.14. The van der Waals surface area contributed by atoms with Crippen molar-refractivity contribution < 1.29 is 18.7 Å². The van der Waals surface area contributed by atoms with Gasteiger partial charge in [-0.1, -0.05) is 6.42 Å². The van der Waals surface area contributed by atoms with Gasteiger partial charge in [0.25, 0.3) is 11.8 Å². The molecule has 3 rings (SSSR count). The van der Waals surface area contributed by atoms with E-state index in [4.69, 9.17) is 4.74 Å². The number of amides is 2. The molecular formula is C18H19FN2O3S. The van der Waals surface area contributed by atoms with Gasteiger partial charge in [0.05, 0.1) is 17.6 Å². The van der Waals surface area contributed by atoms with E-state index in [1.54, 1.807) is 0 Å². The van der Waals surface area contributed by atoms with Crippen molar-refractivity contribution in [1.29, 1.82) is 0 Å². The van der Waals surface area contributed by atoms with E-state index in [2.05, 4.69) is 10.9 Å². The maximum Gasteiger partial charge on any atom is 0.279 e. The Morgan fingerprint density at radius 1 is 1.08 bits per heavy atom. The summed E-state index contributed by atoms with van der Waals surface area (Å²) in [6.07, 6.45) is 5.49. The van der Waals surface area contributed by atoms with E-state index < -0.39 is 11.7 Å². The van der Waals surface area contributed by atoms with Crippen molar-refractivity contribution in [3.63, 3.8) is 0 Å². The largest absolute Gasteiger partial charge is 0.496 e. The van der Waals surface area contributed by atoms with Crippen LogP contribution in [-0.4, -0.2) is 18.9 Å². The van der Waals surface area contributed by atoms with Crippen LogP contribution in [0, 0.1) is 5.82 Å². The van der Waals surface area contributed by atoms with Gasteiger partial charge in [0.15, 0.2) is 0 Å². The minimum atomic E-state index is -0.636. The second kappa shape index (κ2) is 7.65. The molecule has 0 bridgehead atoms. The normalized spacial score (nSPS) is 13.5. The second-order valence-electron chi connectivity index (χ2n) is 5.87. The molecule has 5 nitrogen and oxygen atoms in total. The molecule has 25 heavy (non-hydrogen) atoms. The predicted octanol–water partition coefficient (Wildman–Crippen LogP) is 3.24. The number of aryl methyl sites for hydroxylation is 2. The number of hydrogen-bond acceptors (Lipinski definition) is 4. The molecule has 2 aromatic rings. The van der Waals surface area contributed by atoms with Crippen LogP contribution in [0.5, 0.6) is 5.75 Å². The maximum absolute atomic E-state index is 13.4. The summed E-state index contributed by atoms with van der Waals surface area (Å²) in [4.78, 5) is 26.3. The lowest BCUT2D eigenvalue weighted by Gasteiger charge is -2.10. The molecule has 0 unspecified atom stereocenters. The molecule has 0 aliphatic heterocycles. The van der Waals surface area contributed by atoms with Crippen LogP contribution in [0.15, 0.2) is 24.3 Å². The van der Waals surface area contributed by atoms with Gasteiger partial charge in [-0.05, 0) is 55.5 Å². The van der Waals surface area contributed by atoms with Crippen LogP contribution in [-0.2, 0) is 12.8 Å². The van der Waals surface area contributed by atoms with Crippen LogP contribution in [0.2, 0.25) is 0 Å². The molecule has 0 radical (unpaired) electrons. The van der Waals surface area contributed by atoms with Gasteiger partial charge >= 0.3 is 0 Å². The number of carbonyl (C=O) groups excluding carboxylic acids is 2. The summed E-state index contributed by atoms with van der Waals surface area (Å²) in [7, 11) is 1.39. The van der Waals surface area contributed by atoms with Crippen LogP contribution in [0.4, 0.5) is 4.39 Å². The van der Waals surface area contributed by atoms with E-state index in [0.29, 0.717) is 4.88 Å². The van der Waals surface area contributed by atoms with Gasteiger partial charge in [-0.25, -0.2) is 4.39 Å². The fourth-order valence-electron chi connectivity index (χ4n) is 2.88. The van der Waals surface area contributed by atoms with Crippen LogP contribution >= 0.6 is 11.3 Å². The molecule has 0 spiro atoms. The molecule has 0 fully saturated rings. The molecule has 1 aliphatic rings. The highest BCUT2D eigenvalue weighted by Gasteiger charge is 2.18. The van der Waals surface area contributed by atoms with E-state index in [1.807, 2.05) is 6.07 Å². The first-order chi connectivity index (χ1) is 12.1. The Bertz CT molecular complexity index is 780. The smallest absolute Gasteiger partial charge is 0.279 e. The number of methoxy groups -OCH3 is 1. The van der Waals surface area contributed by atoms with Gasteiger partial charge in [0.1, 0.15) is 11.6 Å². The summed E-state index contributed by atoms with van der Waals surface area (Å²) >= 11 is 1.47. The van der Waals surface area contributed by atoms with Crippen molar-refractivity contribution in [2.45, 2.75) is 32.1 Å². The third-order valence-electron chi connectivity index (χ3n) is 4.17. The first-order valence-corrected chi connectivity index (χ1v) is 8.96. The molecule has 0 saturated heterocycles. The van der Waals surface area contributed by atoms with Crippen LogP contribution in [0.1, 0.15) is 49.7 Å². The summed E-state index contributed by atoms with van der Waals surface area (Å²) in [6.45, 7) is 0. The SMILES string of the molecule is COc1ccc(F)cc1C(=O)NNC(=O)c1cc2c(s1)CCCCC2. The van der Waals surface area contributed by atoms with Gasteiger partial charge in [0, 0.05) is 4.88 Å². The number of thiophene rings is 1. The van der Waals surface area contributed by atoms with Gasteiger partial charge < -0.3 is 4.74 Å². The van der Waals surface area contributed by atoms with E-state index in [-0.39, 0.29) is 17.2 Å². The zero-order chi connectivity index (χ0) is 17.8. The van der Waals surface area contributed by atoms with E-state index in [0.717, 1.165) is 31.7 Å². The highest BCUT2D eigenvalue weighted by atomic mass is 32.1. The summed E-state index contributed by atoms with van der Waals surface area (Å²) in [6, 6.07) is 5.53. The van der Waals surface area contributed by atoms with Crippen LogP contribution < -0.4 is 15.6 Å². The molecule has 1 aliphatic carbocycles. The molecular weight excluding hydrogens is 343 g/mol. The van der Waals surface area contributed by atoms with E-state index in [1.165, 1.54) is 47.4 Å². The zero-order valence-electron chi connectivity index (χ0n) is 13.9. The molecule has 0 saturated carbocycles. The number of carbonyl (C=O) groups is 2. The Hall–Kier alpha value is -2.41. The summed E-state index contributed by atoms with van der Waals surface area (Å²) in [5.41, 5.74) is 5.95. The molecule has 1 aromatic carbocycles. The quantitative estimate of drug-likeness (QED) is 0.651. The van der Waals surface area contributed by atoms with E-state index in [9.17, 15) is 14.0 Å². The maximum atomic E-state index is 13.4. The minimum Gasteiger partial charge on any atom is -0.496 e. The van der Waals surface area contributed by atoms with Gasteiger partial charge in [-0.3, -0.25) is 20.4 Å². The number of nitrogens with one attached hydrogen (secondary N) is 2. The van der Waals surface area contributed by atoms with E-state index >= 15 is 0 Å². The molecule has 0 atom stereocenters. The van der Waals surface area contributed by atoms with Crippen molar-refractivity contribution in [2.24, 2.45) is 0 Å². The lowest BCUT2D eigenvalue weighted by atomic mass is 10.1. The van der Waals surface area contributed by atoms with Crippen molar-refractivity contribution in [2.75, 3.05) is 7.11 Å². The molecule has 2 amide bonds. The molecule has 1 heterocycles. The fourth-order valence-corrected chi connectivity index (χ4v) is 4.03. The number of halogens is 1. The standard InChI is InChI=1S/C18H19FN2O3S/c1-24-14-8-7-12(19)10-13(14)17(22)20-21-18(23)16-9-11-5-3-2-4-6-15(11)25-16/h7-10H,2-6H2,1H3,(H,20,22)(H,21,23). The molecule has 132 valence electrons. The van der Waals surface area contributed by atoms with Crippen molar-refractivity contribution in [3.8, 4) is 5.75 Å². The van der Waals surface area contributed by atoms with Crippen molar-refractivity contribution in [1.82, 2.24) is 10.9 Å². The second-order valence-corrected chi connectivity index (χ2v) is 7.01. The average molecular weight is 362 g/mol. The van der Waals surface area contributed by atoms with Gasteiger partial charge in [-0.2, -0.15) is 0 Å². The van der Waals surface area contributed by atoms with Crippen molar-refractivity contribution >= 4 is 23.2 Å². The molecule has 7 heteroatoms. The topological polar surface area (TPSA) is 67.4 Å². The van der Waals surface area contributed by atoms with Crippen LogP contribution in [0.3, 0.4) is 0 Å². The number of rotatable bonds is 3. The average Bonchev–Trinajstić information content (AvgIpc) is 2.90.